The third-order valence-corrected chi connectivity index (χ3v) is 17.3. The van der Waals surface area contributed by atoms with Gasteiger partial charge >= 0.3 is 11.9 Å². The number of carboxylic acids is 2. The van der Waals surface area contributed by atoms with Gasteiger partial charge in [0.05, 0.1) is 24.7 Å². The molecule has 7 aliphatic rings. The molecule has 312 valence electrons. The van der Waals surface area contributed by atoms with Crippen LogP contribution in [0.1, 0.15) is 106 Å². The van der Waals surface area contributed by atoms with Crippen molar-refractivity contribution in [2.24, 2.45) is 50.2 Å². The van der Waals surface area contributed by atoms with Crippen LogP contribution in [0.15, 0.2) is 11.6 Å². The highest BCUT2D eigenvalue weighted by molar-refractivity contribution is 5.74. The van der Waals surface area contributed by atoms with Gasteiger partial charge in [-0.2, -0.15) is 0 Å². The number of aliphatic hydroxyl groups excluding tert-OH is 6. The molecule has 14 heteroatoms. The van der Waals surface area contributed by atoms with E-state index in [4.69, 9.17) is 18.9 Å². The van der Waals surface area contributed by atoms with E-state index < -0.39 is 84.2 Å². The van der Waals surface area contributed by atoms with E-state index >= 15 is 0 Å². The third kappa shape index (κ3) is 6.09. The summed E-state index contributed by atoms with van der Waals surface area (Å²) in [5.74, 6) is -1.79. The molecule has 0 aromatic carbocycles. The van der Waals surface area contributed by atoms with Gasteiger partial charge < -0.3 is 59.8 Å². The van der Waals surface area contributed by atoms with Crippen molar-refractivity contribution in [3.05, 3.63) is 11.6 Å². The third-order valence-electron chi connectivity index (χ3n) is 17.3. The van der Waals surface area contributed by atoms with E-state index in [2.05, 4.69) is 33.8 Å². The highest BCUT2D eigenvalue weighted by Gasteiger charge is 2.69. The van der Waals surface area contributed by atoms with Crippen LogP contribution in [-0.2, 0) is 28.5 Å². The maximum Gasteiger partial charge on any atom is 0.335 e. The second-order valence-electron chi connectivity index (χ2n) is 20.0. The SMILES string of the molecule is CC1(C(=O)O)CCC2(C)CCC3(C)C(=CCC4C5(C)CCC(OC6OC(C(=O)O)C(O)C(O)C6OC6OCC(O)C(O)C6O)C(C)(CO)C5CCC43C)C2C1. The van der Waals surface area contributed by atoms with Gasteiger partial charge in [-0.3, -0.25) is 4.79 Å². The minimum absolute atomic E-state index is 0.0203. The zero-order valence-electron chi connectivity index (χ0n) is 33.1. The summed E-state index contributed by atoms with van der Waals surface area (Å²) in [5, 5.41) is 84.2. The standard InChI is InChI=1S/C41H64O14/c1-36-13-14-37(2,35(50)51)17-21(36)20-7-8-24-38(3)11-10-25(39(4,19-42)23(38)9-12-41(24,6)40(20,5)16-15-36)53-34-31(28(46)27(45)30(54-34)32(48)49)55-33-29(47)26(44)22(43)18-52-33/h7,21-31,33-34,42-47H,8-19H2,1-6H3,(H,48,49)(H,50,51). The van der Waals surface area contributed by atoms with Gasteiger partial charge in [-0.1, -0.05) is 46.3 Å². The lowest BCUT2D eigenvalue weighted by Crippen LogP contribution is -2.67. The molecular weight excluding hydrogens is 716 g/mol. The molecule has 5 aliphatic carbocycles. The maximum atomic E-state index is 12.5. The highest BCUT2D eigenvalue weighted by atomic mass is 16.8. The van der Waals surface area contributed by atoms with E-state index in [0.29, 0.717) is 19.3 Å². The fourth-order valence-electron chi connectivity index (χ4n) is 13.3. The lowest BCUT2D eigenvalue weighted by Gasteiger charge is -2.71. The number of aliphatic carboxylic acids is 2. The summed E-state index contributed by atoms with van der Waals surface area (Å²) in [4.78, 5) is 24.6. The molecule has 0 aromatic heterocycles. The molecule has 19 atom stereocenters. The predicted octanol–water partition coefficient (Wildman–Crippen LogP) is 2.59. The number of allylic oxidation sites excluding steroid dienone is 2. The topological polar surface area (TPSA) is 233 Å². The van der Waals surface area contributed by atoms with E-state index in [9.17, 15) is 50.4 Å². The number of hydrogen-bond acceptors (Lipinski definition) is 12. The van der Waals surface area contributed by atoms with E-state index in [-0.39, 0.29) is 52.6 Å². The molecule has 4 saturated carbocycles. The Balaban J connectivity index is 1.17. The van der Waals surface area contributed by atoms with Crippen molar-refractivity contribution in [1.29, 1.82) is 0 Å². The Kier molecular flexibility index (Phi) is 10.5. The highest BCUT2D eigenvalue weighted by Crippen LogP contribution is 2.76. The van der Waals surface area contributed by atoms with Crippen LogP contribution >= 0.6 is 0 Å². The first-order chi connectivity index (χ1) is 25.6. The van der Waals surface area contributed by atoms with Crippen molar-refractivity contribution >= 4 is 11.9 Å². The fraction of sp³-hybridized carbons (Fsp3) is 0.902. The molecule has 0 bridgehead atoms. The van der Waals surface area contributed by atoms with Crippen LogP contribution in [-0.4, -0.2) is 127 Å². The van der Waals surface area contributed by atoms with Gasteiger partial charge in [-0.25, -0.2) is 4.79 Å². The predicted molar refractivity (Wildman–Crippen MR) is 194 cm³/mol. The number of carbonyl (C=O) groups is 2. The Morgan fingerprint density at radius 2 is 1.49 bits per heavy atom. The first kappa shape index (κ1) is 41.4. The number of hydrogen-bond donors (Lipinski definition) is 8. The van der Waals surface area contributed by atoms with Crippen LogP contribution < -0.4 is 0 Å². The number of fused-ring (bicyclic) bond motifs is 7. The molecule has 2 saturated heterocycles. The van der Waals surface area contributed by atoms with Gasteiger partial charge in [-0.05, 0) is 111 Å². The van der Waals surface area contributed by atoms with Crippen LogP contribution in [0.3, 0.4) is 0 Å². The van der Waals surface area contributed by atoms with E-state index in [0.717, 1.165) is 44.9 Å². The van der Waals surface area contributed by atoms with E-state index in [1.165, 1.54) is 5.57 Å². The molecule has 2 heterocycles. The lowest BCUT2D eigenvalue weighted by molar-refractivity contribution is -0.367. The Morgan fingerprint density at radius 1 is 0.800 bits per heavy atom. The maximum absolute atomic E-state index is 12.5. The summed E-state index contributed by atoms with van der Waals surface area (Å²) in [5.41, 5.74) is -0.493. The average molecular weight is 781 g/mol. The van der Waals surface area contributed by atoms with E-state index in [1.807, 2.05) is 13.8 Å². The Hall–Kier alpha value is -1.72. The van der Waals surface area contributed by atoms with Crippen LogP contribution in [0.5, 0.6) is 0 Å². The normalized spacial score (nSPS) is 55.2. The van der Waals surface area contributed by atoms with Gasteiger partial charge in [0, 0.05) is 5.41 Å². The van der Waals surface area contributed by atoms with Crippen LogP contribution in [0, 0.1) is 50.2 Å². The Morgan fingerprint density at radius 3 is 2.15 bits per heavy atom. The van der Waals surface area contributed by atoms with Gasteiger partial charge in [0.15, 0.2) is 18.7 Å². The molecule has 0 amide bonds. The van der Waals surface area contributed by atoms with Crippen LogP contribution in [0.4, 0.5) is 0 Å². The van der Waals surface area contributed by atoms with Crippen LogP contribution in [0.25, 0.3) is 0 Å². The summed E-state index contributed by atoms with van der Waals surface area (Å²) >= 11 is 0. The van der Waals surface area contributed by atoms with Gasteiger partial charge in [0.25, 0.3) is 0 Å². The smallest absolute Gasteiger partial charge is 0.335 e. The van der Waals surface area contributed by atoms with Crippen molar-refractivity contribution in [2.75, 3.05) is 13.2 Å². The van der Waals surface area contributed by atoms with Crippen molar-refractivity contribution < 1.29 is 69.4 Å². The van der Waals surface area contributed by atoms with Crippen LogP contribution in [0.2, 0.25) is 0 Å². The molecule has 55 heavy (non-hydrogen) atoms. The molecule has 0 spiro atoms. The number of carboxylic acid groups (broad SMARTS) is 2. The van der Waals surface area contributed by atoms with Crippen molar-refractivity contribution in [1.82, 2.24) is 0 Å². The second kappa shape index (κ2) is 13.9. The minimum Gasteiger partial charge on any atom is -0.481 e. The largest absolute Gasteiger partial charge is 0.481 e. The van der Waals surface area contributed by atoms with Crippen molar-refractivity contribution in [2.45, 2.75) is 167 Å². The summed E-state index contributed by atoms with van der Waals surface area (Å²) < 4.78 is 23.7. The van der Waals surface area contributed by atoms with E-state index in [1.54, 1.807) is 0 Å². The fourth-order valence-corrected chi connectivity index (χ4v) is 13.3. The second-order valence-corrected chi connectivity index (χ2v) is 20.0. The molecule has 2 aliphatic heterocycles. The summed E-state index contributed by atoms with van der Waals surface area (Å²) in [6.07, 6.45) is -5.22. The molecule has 14 nitrogen and oxygen atoms in total. The van der Waals surface area contributed by atoms with Crippen molar-refractivity contribution in [3.8, 4) is 0 Å². The molecule has 6 fully saturated rings. The first-order valence-corrected chi connectivity index (χ1v) is 20.4. The van der Waals surface area contributed by atoms with Crippen molar-refractivity contribution in [3.63, 3.8) is 0 Å². The number of ether oxygens (including phenoxy) is 4. The first-order valence-electron chi connectivity index (χ1n) is 20.4. The Bertz CT molecular complexity index is 1540. The molecule has 7 rings (SSSR count). The molecule has 8 N–H and O–H groups in total. The van der Waals surface area contributed by atoms with Gasteiger partial charge in [0.1, 0.15) is 36.6 Å². The zero-order chi connectivity index (χ0) is 40.3. The number of rotatable bonds is 7. The minimum atomic E-state index is -1.93. The zero-order valence-corrected chi connectivity index (χ0v) is 33.1. The quantitative estimate of drug-likeness (QED) is 0.137. The molecular formula is C41H64O14. The lowest BCUT2D eigenvalue weighted by atomic mass is 9.33. The number of aliphatic hydroxyl groups is 6. The van der Waals surface area contributed by atoms with Gasteiger partial charge in [0.2, 0.25) is 0 Å². The summed E-state index contributed by atoms with van der Waals surface area (Å²) in [7, 11) is 0. The average Bonchev–Trinajstić information content (AvgIpc) is 3.13. The molecule has 0 aromatic rings. The summed E-state index contributed by atoms with van der Waals surface area (Å²) in [6, 6.07) is 0. The van der Waals surface area contributed by atoms with Gasteiger partial charge in [-0.15, -0.1) is 0 Å². The molecule has 19 unspecified atom stereocenters. The summed E-state index contributed by atoms with van der Waals surface area (Å²) in [6.45, 7) is 12.8. The molecule has 0 radical (unpaired) electrons. The monoisotopic (exact) mass is 780 g/mol. The Labute approximate surface area is 323 Å².